The topological polar surface area (TPSA) is 40.5 Å². The second-order valence-electron chi connectivity index (χ2n) is 9.13. The minimum Gasteiger partial charge on any atom is -0.388 e. The summed E-state index contributed by atoms with van der Waals surface area (Å²) in [5.41, 5.74) is 1.39. The summed E-state index contributed by atoms with van der Waals surface area (Å²) in [6, 6.07) is 0.341. The first kappa shape index (κ1) is 16.4. The van der Waals surface area contributed by atoms with Gasteiger partial charge in [0.05, 0.1) is 6.10 Å². The van der Waals surface area contributed by atoms with Crippen LogP contribution in [0.15, 0.2) is 23.8 Å². The first-order chi connectivity index (χ1) is 11.3. The lowest BCUT2D eigenvalue weighted by Crippen LogP contribution is -2.59. The molecule has 3 aliphatic carbocycles. The molecule has 3 fully saturated rings. The lowest BCUT2D eigenvalue weighted by atomic mass is 9.48. The van der Waals surface area contributed by atoms with Crippen molar-refractivity contribution in [2.24, 2.45) is 28.6 Å². The van der Waals surface area contributed by atoms with E-state index in [2.05, 4.69) is 32.9 Å². The van der Waals surface area contributed by atoms with Crippen molar-refractivity contribution in [3.8, 4) is 0 Å². The summed E-state index contributed by atoms with van der Waals surface area (Å²) in [6.07, 6.45) is 11.5. The fourth-order valence-corrected chi connectivity index (χ4v) is 6.87. The van der Waals surface area contributed by atoms with Crippen molar-refractivity contribution in [3.05, 3.63) is 23.8 Å². The fourth-order valence-electron chi connectivity index (χ4n) is 6.87. The molecule has 4 aliphatic rings. The monoisotopic (exact) mass is 329 g/mol. The maximum Gasteiger partial charge on any atom is 0.246 e. The Morgan fingerprint density at radius 1 is 1.25 bits per heavy atom. The number of carbonyl (C=O) groups is 1. The number of hydrogen-bond acceptors (Lipinski definition) is 2. The summed E-state index contributed by atoms with van der Waals surface area (Å²) in [7, 11) is 1.97. The van der Waals surface area contributed by atoms with Crippen LogP contribution in [0, 0.1) is 28.6 Å². The Morgan fingerprint density at radius 2 is 2.00 bits per heavy atom. The summed E-state index contributed by atoms with van der Waals surface area (Å²) in [5.74, 6) is 2.04. The Labute approximate surface area is 145 Å². The van der Waals surface area contributed by atoms with Crippen LogP contribution in [-0.4, -0.2) is 35.1 Å². The molecule has 2 unspecified atom stereocenters. The highest BCUT2D eigenvalue weighted by Crippen LogP contribution is 2.64. The maximum atomic E-state index is 12.1. The van der Waals surface area contributed by atoms with Crippen LogP contribution >= 0.6 is 0 Å². The number of hydrogen-bond donors (Lipinski definition) is 1. The zero-order valence-corrected chi connectivity index (χ0v) is 15.5. The minimum absolute atomic E-state index is 0.0479. The summed E-state index contributed by atoms with van der Waals surface area (Å²) in [6.45, 7) is 6.76. The first-order valence-electron chi connectivity index (χ1n) is 9.62. The van der Waals surface area contributed by atoms with Gasteiger partial charge in [-0.25, -0.2) is 0 Å². The number of aliphatic hydroxyl groups excluding tert-OH is 1. The van der Waals surface area contributed by atoms with Crippen molar-refractivity contribution in [3.63, 3.8) is 0 Å². The van der Waals surface area contributed by atoms with Gasteiger partial charge in [0.2, 0.25) is 5.91 Å². The molecule has 3 nitrogen and oxygen atoms in total. The van der Waals surface area contributed by atoms with Crippen molar-refractivity contribution in [2.75, 3.05) is 7.05 Å². The van der Waals surface area contributed by atoms with Gasteiger partial charge in [0.15, 0.2) is 0 Å². The highest BCUT2D eigenvalue weighted by atomic mass is 16.3. The molecule has 0 aromatic rings. The second kappa shape index (κ2) is 5.20. The van der Waals surface area contributed by atoms with Crippen LogP contribution < -0.4 is 0 Å². The van der Waals surface area contributed by atoms with E-state index in [-0.39, 0.29) is 22.8 Å². The predicted octanol–water partition coefficient (Wildman–Crippen LogP) is 3.54. The summed E-state index contributed by atoms with van der Waals surface area (Å²) in [4.78, 5) is 14.1. The first-order valence-corrected chi connectivity index (χ1v) is 9.62. The van der Waals surface area contributed by atoms with Crippen LogP contribution in [0.5, 0.6) is 0 Å². The van der Waals surface area contributed by atoms with Crippen LogP contribution in [-0.2, 0) is 4.79 Å². The largest absolute Gasteiger partial charge is 0.388 e. The van der Waals surface area contributed by atoms with Gasteiger partial charge in [-0.15, -0.1) is 0 Å². The molecular weight excluding hydrogens is 298 g/mol. The molecule has 4 rings (SSSR count). The van der Waals surface area contributed by atoms with Crippen LogP contribution in [0.1, 0.15) is 52.9 Å². The third kappa shape index (κ3) is 1.91. The second-order valence-corrected chi connectivity index (χ2v) is 9.13. The van der Waals surface area contributed by atoms with Crippen LogP contribution in [0.25, 0.3) is 0 Å². The number of rotatable bonds is 0. The summed E-state index contributed by atoms with van der Waals surface area (Å²) < 4.78 is 0. The molecule has 3 saturated carbocycles. The van der Waals surface area contributed by atoms with Crippen LogP contribution in [0.4, 0.5) is 0 Å². The van der Waals surface area contributed by atoms with Gasteiger partial charge in [-0.05, 0) is 68.4 Å². The van der Waals surface area contributed by atoms with E-state index in [1.807, 2.05) is 11.9 Å². The van der Waals surface area contributed by atoms with E-state index in [0.29, 0.717) is 23.8 Å². The molecule has 0 aromatic heterocycles. The molecule has 0 bridgehead atoms. The quantitative estimate of drug-likeness (QED) is 0.691. The zero-order valence-electron chi connectivity index (χ0n) is 15.5. The van der Waals surface area contributed by atoms with Crippen molar-refractivity contribution >= 4 is 5.91 Å². The van der Waals surface area contributed by atoms with E-state index in [0.717, 1.165) is 19.3 Å². The standard InChI is InChI=1S/C21H31NO2/c1-5-13-12-16-14-6-7-17-20(2,11-9-18(23)22(17)4)15(14)8-10-21(16,3)19(13)24/h5,9,11,14-17,19,24H,6-8,10,12H2,1-4H3/t14-,15-,16+,17?,19?,20-,21+/m1/s1. The average molecular weight is 329 g/mol. The number of likely N-dealkylation sites (N-methyl/N-ethyl adjacent to an activating group) is 1. The molecule has 0 aromatic carbocycles. The van der Waals surface area contributed by atoms with E-state index in [9.17, 15) is 9.90 Å². The van der Waals surface area contributed by atoms with Gasteiger partial charge in [0, 0.05) is 23.9 Å². The van der Waals surface area contributed by atoms with Crippen molar-refractivity contribution in [1.82, 2.24) is 4.90 Å². The molecule has 132 valence electrons. The highest BCUT2D eigenvalue weighted by Gasteiger charge is 2.61. The smallest absolute Gasteiger partial charge is 0.246 e. The van der Waals surface area contributed by atoms with Gasteiger partial charge in [0.25, 0.3) is 0 Å². The molecule has 1 N–H and O–H groups in total. The van der Waals surface area contributed by atoms with Crippen LogP contribution in [0.3, 0.4) is 0 Å². The Kier molecular flexibility index (Phi) is 3.55. The SMILES string of the molecule is CC=C1C[C@H]2[C@@H]3CCC4N(C)C(=O)C=C[C@]4(C)[C@@H]3CC[C@]2(C)C1O. The minimum atomic E-state index is -0.259. The lowest BCUT2D eigenvalue weighted by molar-refractivity contribution is -0.140. The number of allylic oxidation sites excluding steroid dienone is 1. The van der Waals surface area contributed by atoms with Crippen molar-refractivity contribution < 1.29 is 9.90 Å². The molecule has 1 heterocycles. The van der Waals surface area contributed by atoms with Gasteiger partial charge >= 0.3 is 0 Å². The predicted molar refractivity (Wildman–Crippen MR) is 95.2 cm³/mol. The van der Waals surface area contributed by atoms with Crippen molar-refractivity contribution in [1.29, 1.82) is 0 Å². The molecule has 0 spiro atoms. The van der Waals surface area contributed by atoms with Crippen LogP contribution in [0.2, 0.25) is 0 Å². The maximum absolute atomic E-state index is 12.1. The number of carbonyl (C=O) groups excluding carboxylic acids is 1. The molecule has 1 aliphatic heterocycles. The normalized spacial score (nSPS) is 52.2. The number of nitrogens with zero attached hydrogens (tertiary/aromatic N) is 1. The Balaban J connectivity index is 1.71. The summed E-state index contributed by atoms with van der Waals surface area (Å²) in [5, 5.41) is 10.9. The van der Waals surface area contributed by atoms with E-state index in [1.165, 1.54) is 18.4 Å². The van der Waals surface area contributed by atoms with Gasteiger partial charge in [-0.1, -0.05) is 26.0 Å². The summed E-state index contributed by atoms with van der Waals surface area (Å²) >= 11 is 0. The molecule has 0 saturated heterocycles. The van der Waals surface area contributed by atoms with Gasteiger partial charge in [-0.3, -0.25) is 4.79 Å². The number of amides is 1. The van der Waals surface area contributed by atoms with Gasteiger partial charge < -0.3 is 10.0 Å². The third-order valence-corrected chi connectivity index (χ3v) is 8.37. The molecule has 3 heteroatoms. The fraction of sp³-hybridized carbons (Fsp3) is 0.762. The van der Waals surface area contributed by atoms with E-state index < -0.39 is 0 Å². The van der Waals surface area contributed by atoms with E-state index >= 15 is 0 Å². The Morgan fingerprint density at radius 3 is 2.71 bits per heavy atom. The third-order valence-electron chi connectivity index (χ3n) is 8.37. The Hall–Kier alpha value is -1.09. The molecule has 24 heavy (non-hydrogen) atoms. The van der Waals surface area contributed by atoms with Gasteiger partial charge in [-0.2, -0.15) is 0 Å². The molecule has 7 atom stereocenters. The lowest BCUT2D eigenvalue weighted by Gasteiger charge is -2.59. The average Bonchev–Trinajstić information content (AvgIpc) is 2.83. The van der Waals surface area contributed by atoms with Crippen molar-refractivity contribution in [2.45, 2.75) is 65.0 Å². The molecule has 1 amide bonds. The highest BCUT2D eigenvalue weighted by molar-refractivity contribution is 5.89. The van der Waals surface area contributed by atoms with E-state index in [1.54, 1.807) is 6.08 Å². The molecule has 0 radical (unpaired) electrons. The molecular formula is C21H31NO2. The number of aliphatic hydroxyl groups is 1. The van der Waals surface area contributed by atoms with E-state index in [4.69, 9.17) is 0 Å². The Bertz CT molecular complexity index is 623. The number of fused-ring (bicyclic) bond motifs is 5. The van der Waals surface area contributed by atoms with Gasteiger partial charge in [0.1, 0.15) is 0 Å². The zero-order chi connectivity index (χ0) is 17.3.